The minimum absolute atomic E-state index is 0.200. The summed E-state index contributed by atoms with van der Waals surface area (Å²) in [6.45, 7) is 2.44. The zero-order valence-corrected chi connectivity index (χ0v) is 14.9. The molecule has 1 saturated carbocycles. The third-order valence-corrected chi connectivity index (χ3v) is 4.40. The average molecular weight is 358 g/mol. The van der Waals surface area contributed by atoms with Crippen LogP contribution in [0.15, 0.2) is 53.1 Å². The van der Waals surface area contributed by atoms with Gasteiger partial charge in [-0.1, -0.05) is 30.3 Å². The SMILES string of the molecule is O=C(NC1CC(NCCCOCc2ccco2)C1)OCc1ccccc1. The first-order valence-electron chi connectivity index (χ1n) is 9.10. The van der Waals surface area contributed by atoms with E-state index in [9.17, 15) is 4.79 Å². The number of hydrogen-bond donors (Lipinski definition) is 2. The number of benzene rings is 1. The van der Waals surface area contributed by atoms with Crippen LogP contribution in [0.3, 0.4) is 0 Å². The Kier molecular flexibility index (Phi) is 7.10. The third kappa shape index (κ3) is 6.20. The van der Waals surface area contributed by atoms with E-state index in [1.807, 2.05) is 42.5 Å². The largest absolute Gasteiger partial charge is 0.467 e. The van der Waals surface area contributed by atoms with E-state index >= 15 is 0 Å². The van der Waals surface area contributed by atoms with Crippen LogP contribution >= 0.6 is 0 Å². The number of amides is 1. The fraction of sp³-hybridized carbons (Fsp3) is 0.450. The first-order valence-corrected chi connectivity index (χ1v) is 9.10. The number of hydrogen-bond acceptors (Lipinski definition) is 5. The molecular formula is C20H26N2O4. The number of carbonyl (C=O) groups is 1. The molecule has 0 radical (unpaired) electrons. The van der Waals surface area contributed by atoms with Crippen LogP contribution in [0.5, 0.6) is 0 Å². The summed E-state index contributed by atoms with van der Waals surface area (Å²) >= 11 is 0. The van der Waals surface area contributed by atoms with Crippen LogP contribution in [0.4, 0.5) is 4.79 Å². The second-order valence-electron chi connectivity index (χ2n) is 6.51. The van der Waals surface area contributed by atoms with Crippen LogP contribution in [0.2, 0.25) is 0 Å². The van der Waals surface area contributed by atoms with E-state index in [0.717, 1.165) is 37.1 Å². The van der Waals surface area contributed by atoms with Gasteiger partial charge in [-0.2, -0.15) is 0 Å². The van der Waals surface area contributed by atoms with Crippen molar-refractivity contribution in [2.24, 2.45) is 0 Å². The van der Waals surface area contributed by atoms with Crippen LogP contribution in [-0.2, 0) is 22.7 Å². The predicted molar refractivity (Wildman–Crippen MR) is 97.6 cm³/mol. The second-order valence-corrected chi connectivity index (χ2v) is 6.51. The molecule has 0 atom stereocenters. The van der Waals surface area contributed by atoms with Crippen LogP contribution in [0.25, 0.3) is 0 Å². The number of rotatable bonds is 10. The van der Waals surface area contributed by atoms with Gasteiger partial charge in [0.25, 0.3) is 0 Å². The molecule has 0 aliphatic heterocycles. The van der Waals surface area contributed by atoms with E-state index in [4.69, 9.17) is 13.9 Å². The van der Waals surface area contributed by atoms with Crippen molar-refractivity contribution in [2.45, 2.75) is 44.6 Å². The Morgan fingerprint density at radius 1 is 1.08 bits per heavy atom. The lowest BCUT2D eigenvalue weighted by Gasteiger charge is -2.36. The highest BCUT2D eigenvalue weighted by atomic mass is 16.5. The lowest BCUT2D eigenvalue weighted by molar-refractivity contribution is 0.101. The molecule has 26 heavy (non-hydrogen) atoms. The summed E-state index contributed by atoms with van der Waals surface area (Å²) in [7, 11) is 0. The molecule has 3 rings (SSSR count). The van der Waals surface area contributed by atoms with E-state index in [1.54, 1.807) is 6.26 Å². The van der Waals surface area contributed by atoms with Crippen LogP contribution in [0, 0.1) is 0 Å². The van der Waals surface area contributed by atoms with Crippen LogP contribution < -0.4 is 10.6 Å². The van der Waals surface area contributed by atoms with Gasteiger partial charge in [0.1, 0.15) is 19.0 Å². The molecule has 0 spiro atoms. The van der Waals surface area contributed by atoms with Gasteiger partial charge in [0.2, 0.25) is 0 Å². The minimum atomic E-state index is -0.344. The molecular weight excluding hydrogens is 332 g/mol. The van der Waals surface area contributed by atoms with E-state index in [1.165, 1.54) is 0 Å². The van der Waals surface area contributed by atoms with Crippen molar-refractivity contribution in [3.8, 4) is 0 Å². The Bertz CT molecular complexity index is 639. The zero-order valence-electron chi connectivity index (χ0n) is 14.9. The molecule has 0 bridgehead atoms. The Labute approximate surface area is 153 Å². The Hall–Kier alpha value is -2.31. The molecule has 1 aromatic carbocycles. The van der Waals surface area contributed by atoms with Gasteiger partial charge in [-0.3, -0.25) is 0 Å². The molecule has 0 unspecified atom stereocenters. The quantitative estimate of drug-likeness (QED) is 0.638. The fourth-order valence-corrected chi connectivity index (χ4v) is 2.88. The van der Waals surface area contributed by atoms with Crippen molar-refractivity contribution in [1.82, 2.24) is 10.6 Å². The first kappa shape index (κ1) is 18.5. The van der Waals surface area contributed by atoms with E-state index in [2.05, 4.69) is 10.6 Å². The summed E-state index contributed by atoms with van der Waals surface area (Å²) in [4.78, 5) is 11.8. The molecule has 1 amide bonds. The molecule has 1 fully saturated rings. The van der Waals surface area contributed by atoms with Crippen molar-refractivity contribution < 1.29 is 18.7 Å². The second kappa shape index (κ2) is 9.99. The molecule has 1 aromatic heterocycles. The normalized spacial score (nSPS) is 18.9. The highest BCUT2D eigenvalue weighted by Gasteiger charge is 2.30. The predicted octanol–water partition coefficient (Wildman–Crippen LogP) is 3.23. The molecule has 2 aromatic rings. The zero-order chi connectivity index (χ0) is 18.0. The van der Waals surface area contributed by atoms with E-state index in [-0.39, 0.29) is 12.1 Å². The smallest absolute Gasteiger partial charge is 0.407 e. The molecule has 1 aliphatic carbocycles. The summed E-state index contributed by atoms with van der Waals surface area (Å²) in [5.74, 6) is 0.852. The van der Waals surface area contributed by atoms with Crippen molar-refractivity contribution in [2.75, 3.05) is 13.2 Å². The standard InChI is InChI=1S/C20H26N2O4/c23-20(26-14-16-6-2-1-3-7-16)22-18-12-17(13-18)21-9-5-10-24-15-19-8-4-11-25-19/h1-4,6-8,11,17-18,21H,5,9-10,12-15H2,(H,22,23). The van der Waals surface area contributed by atoms with Crippen molar-refractivity contribution in [1.29, 1.82) is 0 Å². The molecule has 1 aliphatic rings. The lowest BCUT2D eigenvalue weighted by atomic mass is 9.87. The fourth-order valence-electron chi connectivity index (χ4n) is 2.88. The molecule has 1 heterocycles. The number of alkyl carbamates (subject to hydrolysis) is 1. The highest BCUT2D eigenvalue weighted by Crippen LogP contribution is 2.20. The molecule has 0 saturated heterocycles. The monoisotopic (exact) mass is 358 g/mol. The van der Waals surface area contributed by atoms with Crippen molar-refractivity contribution in [3.05, 3.63) is 60.1 Å². The van der Waals surface area contributed by atoms with Gasteiger partial charge >= 0.3 is 6.09 Å². The highest BCUT2D eigenvalue weighted by molar-refractivity contribution is 5.67. The van der Waals surface area contributed by atoms with Gasteiger partial charge < -0.3 is 24.5 Å². The van der Waals surface area contributed by atoms with Gasteiger partial charge in [0.05, 0.1) is 6.26 Å². The molecule has 2 N–H and O–H groups in total. The van der Waals surface area contributed by atoms with Gasteiger partial charge in [-0.25, -0.2) is 4.79 Å². The van der Waals surface area contributed by atoms with Gasteiger partial charge in [-0.05, 0) is 43.5 Å². The van der Waals surface area contributed by atoms with Gasteiger partial charge in [-0.15, -0.1) is 0 Å². The molecule has 6 nitrogen and oxygen atoms in total. The van der Waals surface area contributed by atoms with E-state index < -0.39 is 0 Å². The van der Waals surface area contributed by atoms with Crippen LogP contribution in [-0.4, -0.2) is 31.3 Å². The average Bonchev–Trinajstić information content (AvgIpc) is 3.14. The van der Waals surface area contributed by atoms with Crippen LogP contribution in [0.1, 0.15) is 30.6 Å². The number of ether oxygens (including phenoxy) is 2. The Morgan fingerprint density at radius 3 is 2.69 bits per heavy atom. The third-order valence-electron chi connectivity index (χ3n) is 4.40. The minimum Gasteiger partial charge on any atom is -0.467 e. The Morgan fingerprint density at radius 2 is 1.92 bits per heavy atom. The van der Waals surface area contributed by atoms with E-state index in [0.29, 0.717) is 25.9 Å². The summed E-state index contributed by atoms with van der Waals surface area (Å²) in [5, 5.41) is 6.38. The maximum absolute atomic E-state index is 11.8. The van der Waals surface area contributed by atoms with Crippen molar-refractivity contribution in [3.63, 3.8) is 0 Å². The van der Waals surface area contributed by atoms with Crippen molar-refractivity contribution >= 4 is 6.09 Å². The molecule has 140 valence electrons. The maximum Gasteiger partial charge on any atom is 0.407 e. The summed E-state index contributed by atoms with van der Waals surface area (Å²) < 4.78 is 16.0. The number of nitrogens with one attached hydrogen (secondary N) is 2. The van der Waals surface area contributed by atoms with Gasteiger partial charge in [0.15, 0.2) is 0 Å². The van der Waals surface area contributed by atoms with Gasteiger partial charge in [0, 0.05) is 18.7 Å². The summed E-state index contributed by atoms with van der Waals surface area (Å²) in [5.41, 5.74) is 0.991. The lowest BCUT2D eigenvalue weighted by Crippen LogP contribution is -2.52. The molecule has 6 heteroatoms. The number of carbonyl (C=O) groups excluding carboxylic acids is 1. The Balaban J connectivity index is 1.16. The first-order chi connectivity index (χ1) is 12.8. The summed E-state index contributed by atoms with van der Waals surface area (Å²) in [6, 6.07) is 14.1. The number of furan rings is 1. The summed E-state index contributed by atoms with van der Waals surface area (Å²) in [6.07, 6.45) is 4.14. The maximum atomic E-state index is 11.8. The topological polar surface area (TPSA) is 72.7 Å².